The number of anilines is 1. The molecule has 1 aromatic rings. The van der Waals surface area contributed by atoms with Crippen LogP contribution in [-0.2, 0) is 9.53 Å². The number of likely N-dealkylation sites (tertiary alicyclic amines) is 1. The largest absolute Gasteiger partial charge is 0.444 e. The van der Waals surface area contributed by atoms with Gasteiger partial charge in [0, 0.05) is 6.04 Å². The Balaban J connectivity index is 1.77. The highest BCUT2D eigenvalue weighted by atomic mass is 79.9. The van der Waals surface area contributed by atoms with Gasteiger partial charge in [0.15, 0.2) is 0 Å². The number of halogens is 1. The third-order valence-electron chi connectivity index (χ3n) is 4.42. The SMILES string of the molecule is CC(C)(C)OC(=O)N1C2CC[C@@H](C2)[C@H]1C(=O)Nc1cccc(Br)n1. The minimum atomic E-state index is -0.578. The molecule has 0 spiro atoms. The maximum absolute atomic E-state index is 12.8. The Hall–Kier alpha value is -1.63. The standard InChI is InChI=1S/C17H22BrN3O3/c1-17(2,3)24-16(23)21-11-8-7-10(9-11)14(21)15(22)20-13-6-4-5-12(18)19-13/h4-6,10-11,14H,7-9H2,1-3H3,(H,19,20,22)/t10-,11?,14-/m0/s1. The molecule has 2 heterocycles. The van der Waals surface area contributed by atoms with Crippen LogP contribution < -0.4 is 5.32 Å². The first-order valence-electron chi connectivity index (χ1n) is 8.19. The summed E-state index contributed by atoms with van der Waals surface area (Å²) in [6.07, 6.45) is 2.36. The lowest BCUT2D eigenvalue weighted by Gasteiger charge is -2.35. The summed E-state index contributed by atoms with van der Waals surface area (Å²) in [6.45, 7) is 5.50. The number of carbonyl (C=O) groups excluding carboxylic acids is 2. The summed E-state index contributed by atoms with van der Waals surface area (Å²) in [4.78, 5) is 31.2. The van der Waals surface area contributed by atoms with Crippen LogP contribution >= 0.6 is 15.9 Å². The lowest BCUT2D eigenvalue weighted by Crippen LogP contribution is -2.52. The maximum Gasteiger partial charge on any atom is 0.411 e. The molecule has 2 fully saturated rings. The van der Waals surface area contributed by atoms with E-state index in [1.807, 2.05) is 20.8 Å². The molecule has 2 amide bonds. The number of hydrogen-bond acceptors (Lipinski definition) is 4. The Morgan fingerprint density at radius 3 is 2.75 bits per heavy atom. The Morgan fingerprint density at radius 2 is 2.08 bits per heavy atom. The lowest BCUT2D eigenvalue weighted by atomic mass is 9.98. The van der Waals surface area contributed by atoms with Gasteiger partial charge in [-0.25, -0.2) is 9.78 Å². The van der Waals surface area contributed by atoms with Crippen molar-refractivity contribution in [2.75, 3.05) is 5.32 Å². The fraction of sp³-hybridized carbons (Fsp3) is 0.588. The molecule has 2 aliphatic rings. The number of nitrogens with one attached hydrogen (secondary N) is 1. The molecule has 7 heteroatoms. The van der Waals surface area contributed by atoms with E-state index in [-0.39, 0.29) is 17.9 Å². The molecule has 1 saturated carbocycles. The zero-order valence-corrected chi connectivity index (χ0v) is 15.7. The molecule has 130 valence electrons. The van der Waals surface area contributed by atoms with Gasteiger partial charge < -0.3 is 10.1 Å². The molecule has 1 aromatic heterocycles. The van der Waals surface area contributed by atoms with E-state index < -0.39 is 17.7 Å². The fourth-order valence-electron chi connectivity index (χ4n) is 3.58. The van der Waals surface area contributed by atoms with Crippen molar-refractivity contribution in [2.45, 2.75) is 57.7 Å². The predicted octanol–water partition coefficient (Wildman–Crippen LogP) is 3.57. The summed E-state index contributed by atoms with van der Waals surface area (Å²) >= 11 is 3.29. The molecular weight excluding hydrogens is 374 g/mol. The van der Waals surface area contributed by atoms with E-state index in [1.165, 1.54) is 0 Å². The van der Waals surface area contributed by atoms with Crippen molar-refractivity contribution in [2.24, 2.45) is 5.92 Å². The van der Waals surface area contributed by atoms with Crippen molar-refractivity contribution >= 4 is 33.7 Å². The van der Waals surface area contributed by atoms with Gasteiger partial charge >= 0.3 is 6.09 Å². The minimum Gasteiger partial charge on any atom is -0.444 e. The summed E-state index contributed by atoms with van der Waals surface area (Å²) in [5, 5.41) is 2.83. The van der Waals surface area contributed by atoms with Crippen LogP contribution in [0, 0.1) is 5.92 Å². The second-order valence-electron chi connectivity index (χ2n) is 7.39. The number of piperidine rings is 1. The van der Waals surface area contributed by atoms with Gasteiger partial charge in [-0.1, -0.05) is 6.07 Å². The van der Waals surface area contributed by atoms with Gasteiger partial charge in [0.25, 0.3) is 0 Å². The third-order valence-corrected chi connectivity index (χ3v) is 4.87. The van der Waals surface area contributed by atoms with E-state index in [0.29, 0.717) is 10.4 Å². The highest BCUT2D eigenvalue weighted by Gasteiger charge is 2.52. The molecule has 3 atom stereocenters. The molecule has 3 rings (SSSR count). The molecule has 1 aliphatic heterocycles. The van der Waals surface area contributed by atoms with Crippen LogP contribution in [0.1, 0.15) is 40.0 Å². The number of fused-ring (bicyclic) bond motifs is 2. The Bertz CT molecular complexity index is 659. The van der Waals surface area contributed by atoms with E-state index in [4.69, 9.17) is 4.74 Å². The summed E-state index contributed by atoms with van der Waals surface area (Å²) in [5.41, 5.74) is -0.578. The van der Waals surface area contributed by atoms with Crippen molar-refractivity contribution < 1.29 is 14.3 Å². The normalized spacial score (nSPS) is 25.7. The molecular formula is C17H22BrN3O3. The smallest absolute Gasteiger partial charge is 0.411 e. The first-order valence-corrected chi connectivity index (χ1v) is 8.98. The Labute approximate surface area is 150 Å². The van der Waals surface area contributed by atoms with Crippen molar-refractivity contribution in [1.82, 2.24) is 9.88 Å². The predicted molar refractivity (Wildman–Crippen MR) is 93.6 cm³/mol. The number of pyridine rings is 1. The number of carbonyl (C=O) groups is 2. The second kappa shape index (κ2) is 6.35. The van der Waals surface area contributed by atoms with E-state index in [1.54, 1.807) is 23.1 Å². The van der Waals surface area contributed by atoms with Gasteiger partial charge in [-0.3, -0.25) is 9.69 Å². The Morgan fingerprint density at radius 1 is 1.33 bits per heavy atom. The molecule has 24 heavy (non-hydrogen) atoms. The second-order valence-corrected chi connectivity index (χ2v) is 8.21. The first-order chi connectivity index (χ1) is 11.2. The van der Waals surface area contributed by atoms with Crippen LogP contribution in [0.5, 0.6) is 0 Å². The van der Waals surface area contributed by atoms with Crippen LogP contribution in [-0.4, -0.2) is 39.6 Å². The fourth-order valence-corrected chi connectivity index (χ4v) is 3.92. The molecule has 6 nitrogen and oxygen atoms in total. The van der Waals surface area contributed by atoms with Crippen LogP contribution in [0.4, 0.5) is 10.6 Å². The molecule has 1 unspecified atom stereocenters. The van der Waals surface area contributed by atoms with Gasteiger partial charge in [-0.15, -0.1) is 0 Å². The van der Waals surface area contributed by atoms with Crippen LogP contribution in [0.15, 0.2) is 22.8 Å². The average Bonchev–Trinajstić information content (AvgIpc) is 3.05. The van der Waals surface area contributed by atoms with Crippen molar-refractivity contribution in [3.8, 4) is 0 Å². The minimum absolute atomic E-state index is 0.0936. The van der Waals surface area contributed by atoms with Crippen molar-refractivity contribution in [3.05, 3.63) is 22.8 Å². The lowest BCUT2D eigenvalue weighted by molar-refractivity contribution is -0.122. The first kappa shape index (κ1) is 17.2. The van der Waals surface area contributed by atoms with Crippen LogP contribution in [0.25, 0.3) is 0 Å². The number of rotatable bonds is 2. The quantitative estimate of drug-likeness (QED) is 0.776. The number of ether oxygens (including phenoxy) is 1. The van der Waals surface area contributed by atoms with Crippen LogP contribution in [0.3, 0.4) is 0 Å². The van der Waals surface area contributed by atoms with Gasteiger partial charge in [0.05, 0.1) is 0 Å². The maximum atomic E-state index is 12.8. The number of amides is 2. The monoisotopic (exact) mass is 395 g/mol. The molecule has 2 bridgehead atoms. The number of nitrogens with zero attached hydrogens (tertiary/aromatic N) is 2. The molecule has 0 aromatic carbocycles. The van der Waals surface area contributed by atoms with E-state index in [2.05, 4.69) is 26.2 Å². The Kier molecular flexibility index (Phi) is 4.55. The van der Waals surface area contributed by atoms with Crippen molar-refractivity contribution in [3.63, 3.8) is 0 Å². The molecule has 1 N–H and O–H groups in total. The van der Waals surface area contributed by atoms with Crippen molar-refractivity contribution in [1.29, 1.82) is 0 Å². The number of hydrogen-bond donors (Lipinski definition) is 1. The summed E-state index contributed by atoms with van der Waals surface area (Å²) < 4.78 is 6.16. The summed E-state index contributed by atoms with van der Waals surface area (Å²) in [7, 11) is 0. The van der Waals surface area contributed by atoms with E-state index in [9.17, 15) is 9.59 Å². The highest BCUT2D eigenvalue weighted by Crippen LogP contribution is 2.43. The third kappa shape index (κ3) is 3.55. The zero-order valence-electron chi connectivity index (χ0n) is 14.1. The van der Waals surface area contributed by atoms with Gasteiger partial charge in [-0.2, -0.15) is 0 Å². The molecule has 0 radical (unpaired) electrons. The summed E-state index contributed by atoms with van der Waals surface area (Å²) in [6, 6.07) is 4.93. The van der Waals surface area contributed by atoms with E-state index in [0.717, 1.165) is 19.3 Å². The van der Waals surface area contributed by atoms with Gasteiger partial charge in [0.1, 0.15) is 22.1 Å². The molecule has 1 aliphatic carbocycles. The molecule has 1 saturated heterocycles. The highest BCUT2D eigenvalue weighted by molar-refractivity contribution is 9.10. The average molecular weight is 396 g/mol. The van der Waals surface area contributed by atoms with Gasteiger partial charge in [0.2, 0.25) is 5.91 Å². The number of aromatic nitrogens is 1. The topological polar surface area (TPSA) is 71.5 Å². The van der Waals surface area contributed by atoms with E-state index >= 15 is 0 Å². The van der Waals surface area contributed by atoms with Crippen LogP contribution in [0.2, 0.25) is 0 Å². The zero-order chi connectivity index (χ0) is 17.5. The van der Waals surface area contributed by atoms with Gasteiger partial charge in [-0.05, 0) is 74.0 Å². The summed E-state index contributed by atoms with van der Waals surface area (Å²) in [5.74, 6) is 0.467.